The second-order valence-corrected chi connectivity index (χ2v) is 8.20. The summed E-state index contributed by atoms with van der Waals surface area (Å²) in [6.07, 6.45) is 1.68. The Bertz CT molecular complexity index is 1160. The number of benzene rings is 3. The van der Waals surface area contributed by atoms with Gasteiger partial charge in [-0.15, -0.1) is 0 Å². The third kappa shape index (κ3) is 5.03. The van der Waals surface area contributed by atoms with Gasteiger partial charge >= 0.3 is 0 Å². The lowest BCUT2D eigenvalue weighted by molar-refractivity contribution is -0.123. The number of nitrogens with zero attached hydrogens (tertiary/aromatic N) is 1. The highest BCUT2D eigenvalue weighted by atomic mass is 32.2. The predicted molar refractivity (Wildman–Crippen MR) is 120 cm³/mol. The van der Waals surface area contributed by atoms with Crippen molar-refractivity contribution in [2.75, 3.05) is 0 Å². The van der Waals surface area contributed by atoms with Gasteiger partial charge in [-0.1, -0.05) is 60.2 Å². The van der Waals surface area contributed by atoms with Crippen LogP contribution in [0.5, 0.6) is 5.75 Å². The van der Waals surface area contributed by atoms with E-state index in [0.29, 0.717) is 16.2 Å². The van der Waals surface area contributed by atoms with Gasteiger partial charge in [0.15, 0.2) is 0 Å². The van der Waals surface area contributed by atoms with Crippen molar-refractivity contribution < 1.29 is 18.7 Å². The predicted octanol–water partition coefficient (Wildman–Crippen LogP) is 5.95. The first-order chi connectivity index (χ1) is 15.0. The van der Waals surface area contributed by atoms with Gasteiger partial charge in [-0.05, 0) is 54.1 Å². The molecule has 1 heterocycles. The Hall–Kier alpha value is -3.38. The van der Waals surface area contributed by atoms with Gasteiger partial charge in [0.2, 0.25) is 0 Å². The zero-order valence-electron chi connectivity index (χ0n) is 16.9. The van der Waals surface area contributed by atoms with Gasteiger partial charge in [-0.3, -0.25) is 14.5 Å². The summed E-state index contributed by atoms with van der Waals surface area (Å²) in [5.74, 6) is -0.0787. The van der Waals surface area contributed by atoms with Crippen LogP contribution in [0, 0.1) is 12.7 Å². The van der Waals surface area contributed by atoms with Gasteiger partial charge in [0.05, 0.1) is 11.4 Å². The summed E-state index contributed by atoms with van der Waals surface area (Å²) in [7, 11) is 0. The maximum atomic E-state index is 13.8. The Kier molecular flexibility index (Phi) is 6.18. The number of rotatable bonds is 6. The molecule has 4 nitrogen and oxygen atoms in total. The molecule has 1 fully saturated rings. The van der Waals surface area contributed by atoms with Crippen molar-refractivity contribution in [3.05, 3.63) is 106 Å². The largest absolute Gasteiger partial charge is 0.489 e. The molecule has 0 N–H and O–H groups in total. The quantitative estimate of drug-likeness (QED) is 0.451. The number of hydrogen-bond acceptors (Lipinski definition) is 4. The van der Waals surface area contributed by atoms with Crippen LogP contribution in [0.1, 0.15) is 22.3 Å². The first-order valence-electron chi connectivity index (χ1n) is 9.77. The van der Waals surface area contributed by atoms with Crippen LogP contribution in [0.4, 0.5) is 9.18 Å². The number of carbonyl (C=O) groups excluding carboxylic acids is 2. The summed E-state index contributed by atoms with van der Waals surface area (Å²) >= 11 is 0.925. The summed E-state index contributed by atoms with van der Waals surface area (Å²) in [6.45, 7) is 2.33. The van der Waals surface area contributed by atoms with E-state index in [1.165, 1.54) is 11.0 Å². The van der Waals surface area contributed by atoms with Crippen LogP contribution in [0.3, 0.4) is 0 Å². The number of carbonyl (C=O) groups is 2. The van der Waals surface area contributed by atoms with E-state index >= 15 is 0 Å². The molecule has 2 amide bonds. The minimum Gasteiger partial charge on any atom is -0.489 e. The number of aryl methyl sites for hydroxylation is 1. The van der Waals surface area contributed by atoms with Crippen molar-refractivity contribution in [1.82, 2.24) is 4.90 Å². The summed E-state index contributed by atoms with van der Waals surface area (Å²) in [4.78, 5) is 26.8. The zero-order chi connectivity index (χ0) is 21.8. The maximum Gasteiger partial charge on any atom is 0.293 e. The van der Waals surface area contributed by atoms with Crippen LogP contribution in [0.2, 0.25) is 0 Å². The highest BCUT2D eigenvalue weighted by molar-refractivity contribution is 8.18. The van der Waals surface area contributed by atoms with E-state index in [9.17, 15) is 14.0 Å². The van der Waals surface area contributed by atoms with Crippen molar-refractivity contribution in [2.24, 2.45) is 0 Å². The van der Waals surface area contributed by atoms with E-state index in [-0.39, 0.29) is 30.1 Å². The Morgan fingerprint density at radius 2 is 1.77 bits per heavy atom. The molecule has 0 unspecified atom stereocenters. The Morgan fingerprint density at radius 3 is 2.55 bits per heavy atom. The lowest BCUT2D eigenvalue weighted by atomic mass is 10.1. The van der Waals surface area contributed by atoms with Crippen LogP contribution in [0.25, 0.3) is 6.08 Å². The first kappa shape index (κ1) is 20.9. The minimum atomic E-state index is -0.319. The molecule has 1 saturated heterocycles. The summed E-state index contributed by atoms with van der Waals surface area (Å²) < 4.78 is 19.5. The molecule has 0 bridgehead atoms. The minimum absolute atomic E-state index is 0.100. The lowest BCUT2D eigenvalue weighted by Gasteiger charge is -2.12. The molecule has 156 valence electrons. The van der Waals surface area contributed by atoms with E-state index in [2.05, 4.69) is 0 Å². The van der Waals surface area contributed by atoms with Crippen molar-refractivity contribution in [1.29, 1.82) is 0 Å². The molecule has 6 heteroatoms. The molecule has 4 rings (SSSR count). The van der Waals surface area contributed by atoms with E-state index in [4.69, 9.17) is 4.74 Å². The van der Waals surface area contributed by atoms with Crippen LogP contribution < -0.4 is 4.74 Å². The molecular weight excluding hydrogens is 413 g/mol. The maximum absolute atomic E-state index is 13.8. The molecule has 31 heavy (non-hydrogen) atoms. The number of halogens is 1. The average Bonchev–Trinajstić information content (AvgIpc) is 3.02. The smallest absolute Gasteiger partial charge is 0.293 e. The highest BCUT2D eigenvalue weighted by Gasteiger charge is 2.34. The van der Waals surface area contributed by atoms with Gasteiger partial charge in [0.1, 0.15) is 18.2 Å². The third-order valence-corrected chi connectivity index (χ3v) is 5.75. The number of ether oxygens (including phenoxy) is 1. The van der Waals surface area contributed by atoms with Crippen molar-refractivity contribution in [2.45, 2.75) is 20.1 Å². The highest BCUT2D eigenvalue weighted by Crippen LogP contribution is 2.33. The molecule has 0 spiro atoms. The fourth-order valence-corrected chi connectivity index (χ4v) is 3.97. The molecule has 3 aromatic carbocycles. The SMILES string of the molecule is Cc1ccc(CN2C(=O)S/C(=C/c3cccc(OCc4ccccc4F)c3)C2=O)cc1. The van der Waals surface area contributed by atoms with Gasteiger partial charge in [-0.25, -0.2) is 4.39 Å². The van der Waals surface area contributed by atoms with Crippen molar-refractivity contribution in [3.8, 4) is 5.75 Å². The first-order valence-corrected chi connectivity index (χ1v) is 10.6. The van der Waals surface area contributed by atoms with Gasteiger partial charge < -0.3 is 4.74 Å². The molecule has 3 aromatic rings. The fraction of sp³-hybridized carbons (Fsp3) is 0.120. The Morgan fingerprint density at radius 1 is 1.00 bits per heavy atom. The van der Waals surface area contributed by atoms with E-state index < -0.39 is 0 Å². The fourth-order valence-electron chi connectivity index (χ4n) is 3.13. The van der Waals surface area contributed by atoms with Crippen molar-refractivity contribution in [3.63, 3.8) is 0 Å². The summed E-state index contributed by atoms with van der Waals surface area (Å²) in [5.41, 5.74) is 3.21. The van der Waals surface area contributed by atoms with Crippen molar-refractivity contribution >= 4 is 29.0 Å². The molecular formula is C25H20FNO3S. The van der Waals surface area contributed by atoms with E-state index in [0.717, 1.165) is 28.5 Å². The molecule has 0 saturated carbocycles. The monoisotopic (exact) mass is 433 g/mol. The molecule has 1 aliphatic heterocycles. The molecule has 0 radical (unpaired) electrons. The van der Waals surface area contributed by atoms with Crippen LogP contribution >= 0.6 is 11.8 Å². The summed E-state index contributed by atoms with van der Waals surface area (Å²) in [5, 5.41) is -0.288. The van der Waals surface area contributed by atoms with E-state index in [1.54, 1.807) is 42.5 Å². The summed E-state index contributed by atoms with van der Waals surface area (Å²) in [6, 6.07) is 21.3. The van der Waals surface area contributed by atoms with Gasteiger partial charge in [0.25, 0.3) is 11.1 Å². The van der Waals surface area contributed by atoms with Crippen LogP contribution in [-0.2, 0) is 17.9 Å². The number of amides is 2. The molecule has 0 aromatic heterocycles. The zero-order valence-corrected chi connectivity index (χ0v) is 17.7. The Balaban J connectivity index is 1.46. The van der Waals surface area contributed by atoms with Gasteiger partial charge in [-0.2, -0.15) is 0 Å². The third-order valence-electron chi connectivity index (χ3n) is 4.84. The number of hydrogen-bond donors (Lipinski definition) is 0. The lowest BCUT2D eigenvalue weighted by Crippen LogP contribution is -2.27. The normalized spacial score (nSPS) is 15.0. The topological polar surface area (TPSA) is 46.6 Å². The standard InChI is InChI=1S/C25H20FNO3S/c1-17-9-11-18(12-10-17)15-27-24(28)23(31-25(27)29)14-19-5-4-7-21(13-19)30-16-20-6-2-3-8-22(20)26/h2-14H,15-16H2,1H3/b23-14+. The molecule has 0 atom stereocenters. The van der Waals surface area contributed by atoms with Crippen LogP contribution in [0.15, 0.2) is 77.7 Å². The second kappa shape index (κ2) is 9.18. The number of imide groups is 1. The Labute approximate surface area is 184 Å². The average molecular weight is 434 g/mol. The number of thioether (sulfide) groups is 1. The van der Waals surface area contributed by atoms with Crippen LogP contribution in [-0.4, -0.2) is 16.0 Å². The van der Waals surface area contributed by atoms with E-state index in [1.807, 2.05) is 37.3 Å². The molecule has 1 aliphatic rings. The van der Waals surface area contributed by atoms with Gasteiger partial charge in [0, 0.05) is 5.56 Å². The second-order valence-electron chi connectivity index (χ2n) is 7.21. The molecule has 0 aliphatic carbocycles.